The van der Waals surface area contributed by atoms with Crippen molar-refractivity contribution < 1.29 is 13.6 Å². The maximum atomic E-state index is 13.2. The standard InChI is InChI=1S/C13H17F2NO/c1-13(2,3)11(7-12(16)17)8-4-9(14)6-10(15)5-8/h4-6,11H,7H2,1-3H3,(H2,16,17). The molecule has 1 aromatic rings. The molecule has 0 bridgehead atoms. The Morgan fingerprint density at radius 3 is 2.06 bits per heavy atom. The number of amides is 1. The Balaban J connectivity index is 3.17. The van der Waals surface area contributed by atoms with Crippen molar-refractivity contribution in [3.8, 4) is 0 Å². The Morgan fingerprint density at radius 1 is 1.24 bits per heavy atom. The third-order valence-corrected chi connectivity index (χ3v) is 2.74. The highest BCUT2D eigenvalue weighted by Crippen LogP contribution is 2.37. The molecule has 0 fully saturated rings. The van der Waals surface area contributed by atoms with Crippen molar-refractivity contribution in [1.82, 2.24) is 0 Å². The number of primary amides is 1. The lowest BCUT2D eigenvalue weighted by molar-refractivity contribution is -0.118. The topological polar surface area (TPSA) is 43.1 Å². The molecule has 2 N–H and O–H groups in total. The number of rotatable bonds is 3. The quantitative estimate of drug-likeness (QED) is 0.868. The Labute approximate surface area is 99.8 Å². The lowest BCUT2D eigenvalue weighted by Gasteiger charge is -2.30. The molecule has 1 rings (SSSR count). The molecule has 0 radical (unpaired) electrons. The third kappa shape index (κ3) is 3.80. The molecule has 0 aliphatic rings. The summed E-state index contributed by atoms with van der Waals surface area (Å²) in [5, 5.41) is 0. The predicted octanol–water partition coefficient (Wildman–Crippen LogP) is 2.97. The number of carbonyl (C=O) groups excluding carboxylic acids is 1. The highest BCUT2D eigenvalue weighted by Gasteiger charge is 2.28. The summed E-state index contributed by atoms with van der Waals surface area (Å²) in [4.78, 5) is 11.0. The molecule has 94 valence electrons. The van der Waals surface area contributed by atoms with Crippen LogP contribution in [0.15, 0.2) is 18.2 Å². The van der Waals surface area contributed by atoms with E-state index in [-0.39, 0.29) is 17.8 Å². The summed E-state index contributed by atoms with van der Waals surface area (Å²) in [6.07, 6.45) is 0.0758. The molecular formula is C13H17F2NO. The molecule has 0 aliphatic carbocycles. The minimum Gasteiger partial charge on any atom is -0.370 e. The Kier molecular flexibility index (Phi) is 3.86. The van der Waals surface area contributed by atoms with Crippen molar-refractivity contribution in [3.63, 3.8) is 0 Å². The molecule has 0 heterocycles. The first-order chi connectivity index (χ1) is 7.70. The second-order valence-corrected chi connectivity index (χ2v) is 5.29. The SMILES string of the molecule is CC(C)(C)C(CC(N)=O)c1cc(F)cc(F)c1. The van der Waals surface area contributed by atoms with E-state index in [1.807, 2.05) is 20.8 Å². The number of nitrogens with two attached hydrogens (primary N) is 1. The van der Waals surface area contributed by atoms with Crippen molar-refractivity contribution in [2.75, 3.05) is 0 Å². The van der Waals surface area contributed by atoms with Gasteiger partial charge in [-0.3, -0.25) is 4.79 Å². The maximum absolute atomic E-state index is 13.2. The van der Waals surface area contributed by atoms with Crippen LogP contribution in [0, 0.1) is 17.0 Å². The van der Waals surface area contributed by atoms with Crippen molar-refractivity contribution >= 4 is 5.91 Å². The average molecular weight is 241 g/mol. The fourth-order valence-electron chi connectivity index (χ4n) is 1.90. The van der Waals surface area contributed by atoms with Gasteiger partial charge in [-0.15, -0.1) is 0 Å². The first-order valence-electron chi connectivity index (χ1n) is 5.44. The molecule has 4 heteroatoms. The van der Waals surface area contributed by atoms with Gasteiger partial charge in [0.1, 0.15) is 11.6 Å². The maximum Gasteiger partial charge on any atom is 0.218 e. The molecule has 0 saturated heterocycles. The van der Waals surface area contributed by atoms with E-state index >= 15 is 0 Å². The van der Waals surface area contributed by atoms with Crippen LogP contribution in [0.4, 0.5) is 8.78 Å². The molecule has 1 unspecified atom stereocenters. The van der Waals surface area contributed by atoms with E-state index < -0.39 is 17.5 Å². The summed E-state index contributed by atoms with van der Waals surface area (Å²) in [5.74, 6) is -2.06. The van der Waals surface area contributed by atoms with Gasteiger partial charge in [0.15, 0.2) is 0 Å². The van der Waals surface area contributed by atoms with Gasteiger partial charge in [0.05, 0.1) is 0 Å². The zero-order valence-electron chi connectivity index (χ0n) is 10.3. The van der Waals surface area contributed by atoms with Crippen molar-refractivity contribution in [1.29, 1.82) is 0 Å². The van der Waals surface area contributed by atoms with Gasteiger partial charge in [-0.2, -0.15) is 0 Å². The average Bonchev–Trinajstić information content (AvgIpc) is 2.10. The van der Waals surface area contributed by atoms with E-state index in [9.17, 15) is 13.6 Å². The van der Waals surface area contributed by atoms with Gasteiger partial charge in [0, 0.05) is 12.5 Å². The fraction of sp³-hybridized carbons (Fsp3) is 0.462. The van der Waals surface area contributed by atoms with Crippen LogP contribution in [0.2, 0.25) is 0 Å². The van der Waals surface area contributed by atoms with Gasteiger partial charge in [0.25, 0.3) is 0 Å². The molecule has 17 heavy (non-hydrogen) atoms. The molecule has 1 aromatic carbocycles. The van der Waals surface area contributed by atoms with E-state index in [0.717, 1.165) is 6.07 Å². The third-order valence-electron chi connectivity index (χ3n) is 2.74. The van der Waals surface area contributed by atoms with Crippen LogP contribution in [0.3, 0.4) is 0 Å². The summed E-state index contributed by atoms with van der Waals surface area (Å²) in [6, 6.07) is 3.32. The second-order valence-electron chi connectivity index (χ2n) is 5.29. The number of benzene rings is 1. The van der Waals surface area contributed by atoms with E-state index in [1.54, 1.807) is 0 Å². The normalized spacial score (nSPS) is 13.5. The van der Waals surface area contributed by atoms with Crippen LogP contribution in [-0.4, -0.2) is 5.91 Å². The summed E-state index contributed by atoms with van der Waals surface area (Å²) in [7, 11) is 0. The van der Waals surface area contributed by atoms with Gasteiger partial charge in [-0.1, -0.05) is 20.8 Å². The van der Waals surface area contributed by atoms with E-state index in [4.69, 9.17) is 5.73 Å². The first kappa shape index (κ1) is 13.6. The van der Waals surface area contributed by atoms with E-state index in [0.29, 0.717) is 5.56 Å². The van der Waals surface area contributed by atoms with Gasteiger partial charge in [-0.05, 0) is 29.0 Å². The monoisotopic (exact) mass is 241 g/mol. The molecule has 0 aliphatic heterocycles. The second kappa shape index (κ2) is 4.82. The van der Waals surface area contributed by atoms with Crippen LogP contribution >= 0.6 is 0 Å². The highest BCUT2D eigenvalue weighted by atomic mass is 19.1. The van der Waals surface area contributed by atoms with Crippen molar-refractivity contribution in [2.24, 2.45) is 11.1 Å². The first-order valence-corrected chi connectivity index (χ1v) is 5.44. The van der Waals surface area contributed by atoms with E-state index in [1.165, 1.54) is 12.1 Å². The van der Waals surface area contributed by atoms with E-state index in [2.05, 4.69) is 0 Å². The summed E-state index contributed by atoms with van der Waals surface area (Å²) in [6.45, 7) is 5.72. The lowest BCUT2D eigenvalue weighted by Crippen LogP contribution is -2.25. The van der Waals surface area contributed by atoms with Gasteiger partial charge >= 0.3 is 0 Å². The van der Waals surface area contributed by atoms with Gasteiger partial charge in [-0.25, -0.2) is 8.78 Å². The Bertz CT molecular complexity index is 404. The highest BCUT2D eigenvalue weighted by molar-refractivity contribution is 5.75. The smallest absolute Gasteiger partial charge is 0.218 e. The zero-order valence-corrected chi connectivity index (χ0v) is 10.3. The largest absolute Gasteiger partial charge is 0.370 e. The van der Waals surface area contributed by atoms with Crippen molar-refractivity contribution in [2.45, 2.75) is 33.1 Å². The van der Waals surface area contributed by atoms with Crippen LogP contribution in [-0.2, 0) is 4.79 Å². The number of halogens is 2. The number of hydrogen-bond acceptors (Lipinski definition) is 1. The summed E-state index contributed by atoms with van der Waals surface area (Å²) < 4.78 is 26.3. The predicted molar refractivity (Wildman–Crippen MR) is 62.4 cm³/mol. The summed E-state index contributed by atoms with van der Waals surface area (Å²) >= 11 is 0. The molecule has 0 aromatic heterocycles. The minimum absolute atomic E-state index is 0.0758. The molecule has 1 amide bonds. The number of carbonyl (C=O) groups is 1. The van der Waals surface area contributed by atoms with Crippen molar-refractivity contribution in [3.05, 3.63) is 35.4 Å². The lowest BCUT2D eigenvalue weighted by atomic mass is 9.74. The molecular weight excluding hydrogens is 224 g/mol. The fourth-order valence-corrected chi connectivity index (χ4v) is 1.90. The summed E-state index contributed by atoms with van der Waals surface area (Å²) in [5.41, 5.74) is 5.35. The van der Waals surface area contributed by atoms with Gasteiger partial charge < -0.3 is 5.73 Å². The van der Waals surface area contributed by atoms with Crippen LogP contribution in [0.25, 0.3) is 0 Å². The Morgan fingerprint density at radius 2 is 1.71 bits per heavy atom. The Hall–Kier alpha value is -1.45. The molecule has 0 spiro atoms. The van der Waals surface area contributed by atoms with Crippen LogP contribution in [0.1, 0.15) is 38.7 Å². The van der Waals surface area contributed by atoms with Crippen LogP contribution in [0.5, 0.6) is 0 Å². The minimum atomic E-state index is -0.640. The zero-order chi connectivity index (χ0) is 13.2. The van der Waals surface area contributed by atoms with Crippen LogP contribution < -0.4 is 5.73 Å². The van der Waals surface area contributed by atoms with Gasteiger partial charge in [0.2, 0.25) is 5.91 Å². The molecule has 2 nitrogen and oxygen atoms in total. The molecule has 1 atom stereocenters. The molecule has 0 saturated carbocycles. The number of hydrogen-bond donors (Lipinski definition) is 1.